The fourth-order valence-electron chi connectivity index (χ4n) is 0.985. The van der Waals surface area contributed by atoms with Gasteiger partial charge in [0.2, 0.25) is 5.95 Å². The van der Waals surface area contributed by atoms with Crippen molar-refractivity contribution in [3.8, 4) is 0 Å². The number of hydrogen-bond acceptors (Lipinski definition) is 3. The second-order valence-corrected chi connectivity index (χ2v) is 2.65. The maximum Gasteiger partial charge on any atom is 0.310 e. The summed E-state index contributed by atoms with van der Waals surface area (Å²) < 4.78 is 17.5. The lowest BCUT2D eigenvalue weighted by Crippen LogP contribution is -2.08. The molecule has 0 aliphatic carbocycles. The van der Waals surface area contributed by atoms with Gasteiger partial charge in [-0.25, -0.2) is 4.98 Å². The van der Waals surface area contributed by atoms with Crippen molar-refractivity contribution in [1.29, 1.82) is 0 Å². The van der Waals surface area contributed by atoms with Crippen LogP contribution in [0.1, 0.15) is 11.1 Å². The van der Waals surface area contributed by atoms with Crippen LogP contribution in [0.2, 0.25) is 0 Å². The minimum atomic E-state index is -0.606. The van der Waals surface area contributed by atoms with Crippen LogP contribution in [0.15, 0.2) is 12.3 Å². The highest BCUT2D eigenvalue weighted by Crippen LogP contribution is 2.10. The number of ether oxygens (including phenoxy) is 1. The molecule has 0 aliphatic rings. The summed E-state index contributed by atoms with van der Waals surface area (Å²) in [5.74, 6) is -1.07. The third-order valence-electron chi connectivity index (χ3n) is 1.79. The molecule has 0 N–H and O–H groups in total. The Morgan fingerprint density at radius 2 is 2.38 bits per heavy atom. The molecular weight excluding hydrogens is 173 g/mol. The topological polar surface area (TPSA) is 39.2 Å². The normalized spacial score (nSPS) is 9.77. The van der Waals surface area contributed by atoms with Gasteiger partial charge in [0.1, 0.15) is 0 Å². The van der Waals surface area contributed by atoms with E-state index < -0.39 is 11.9 Å². The van der Waals surface area contributed by atoms with E-state index in [1.807, 2.05) is 0 Å². The first-order valence-corrected chi connectivity index (χ1v) is 3.82. The minimum Gasteiger partial charge on any atom is -0.469 e. The molecule has 1 heterocycles. The molecule has 0 unspecified atom stereocenters. The van der Waals surface area contributed by atoms with E-state index in [0.717, 1.165) is 0 Å². The summed E-state index contributed by atoms with van der Waals surface area (Å²) in [6.45, 7) is 1.73. The van der Waals surface area contributed by atoms with Crippen molar-refractivity contribution in [3.63, 3.8) is 0 Å². The summed E-state index contributed by atoms with van der Waals surface area (Å²) in [4.78, 5) is 14.3. The van der Waals surface area contributed by atoms with E-state index in [1.54, 1.807) is 13.0 Å². The first kappa shape index (κ1) is 9.64. The van der Waals surface area contributed by atoms with Crippen molar-refractivity contribution in [2.75, 3.05) is 7.11 Å². The zero-order valence-electron chi connectivity index (χ0n) is 7.50. The first-order valence-electron chi connectivity index (χ1n) is 3.82. The van der Waals surface area contributed by atoms with E-state index in [9.17, 15) is 9.18 Å². The van der Waals surface area contributed by atoms with Crippen LogP contribution in [0, 0.1) is 12.9 Å². The van der Waals surface area contributed by atoms with Crippen molar-refractivity contribution in [2.24, 2.45) is 0 Å². The molecule has 0 aromatic carbocycles. The molecule has 0 fully saturated rings. The molecule has 13 heavy (non-hydrogen) atoms. The van der Waals surface area contributed by atoms with E-state index in [1.165, 1.54) is 13.3 Å². The number of halogens is 1. The molecule has 0 saturated carbocycles. The third kappa shape index (κ3) is 2.24. The van der Waals surface area contributed by atoms with E-state index in [0.29, 0.717) is 11.1 Å². The molecule has 0 aliphatic heterocycles. The van der Waals surface area contributed by atoms with Crippen molar-refractivity contribution >= 4 is 5.97 Å². The Labute approximate surface area is 75.6 Å². The quantitative estimate of drug-likeness (QED) is 0.511. The Morgan fingerprint density at radius 1 is 1.69 bits per heavy atom. The summed E-state index contributed by atoms with van der Waals surface area (Å²) in [6.07, 6.45) is 1.30. The van der Waals surface area contributed by atoms with Crippen molar-refractivity contribution < 1.29 is 13.9 Å². The van der Waals surface area contributed by atoms with Crippen LogP contribution in [0.4, 0.5) is 4.39 Å². The smallest absolute Gasteiger partial charge is 0.310 e. The second kappa shape index (κ2) is 3.98. The lowest BCUT2D eigenvalue weighted by molar-refractivity contribution is -0.139. The van der Waals surface area contributed by atoms with Crippen molar-refractivity contribution in [3.05, 3.63) is 29.3 Å². The summed E-state index contributed by atoms with van der Waals surface area (Å²) >= 11 is 0. The molecule has 0 amide bonds. The lowest BCUT2D eigenvalue weighted by Gasteiger charge is -2.03. The van der Waals surface area contributed by atoms with Crippen LogP contribution in [0.25, 0.3) is 0 Å². The Balaban J connectivity index is 2.93. The summed E-state index contributed by atoms with van der Waals surface area (Å²) in [6, 6.07) is 1.65. The number of methoxy groups -OCH3 is 1. The third-order valence-corrected chi connectivity index (χ3v) is 1.79. The van der Waals surface area contributed by atoms with Gasteiger partial charge in [0, 0.05) is 11.8 Å². The molecule has 0 saturated heterocycles. The number of rotatable bonds is 2. The van der Waals surface area contributed by atoms with Crippen LogP contribution in [0.5, 0.6) is 0 Å². The van der Waals surface area contributed by atoms with Crippen molar-refractivity contribution in [1.82, 2.24) is 4.98 Å². The Morgan fingerprint density at radius 3 is 2.92 bits per heavy atom. The van der Waals surface area contributed by atoms with E-state index in [-0.39, 0.29) is 6.42 Å². The van der Waals surface area contributed by atoms with Crippen LogP contribution in [0.3, 0.4) is 0 Å². The molecule has 70 valence electrons. The van der Waals surface area contributed by atoms with Gasteiger partial charge in [-0.1, -0.05) is 0 Å². The van der Waals surface area contributed by atoms with Gasteiger partial charge in [-0.3, -0.25) is 4.79 Å². The van der Waals surface area contributed by atoms with Gasteiger partial charge in [-0.15, -0.1) is 0 Å². The first-order chi connectivity index (χ1) is 6.15. The molecule has 4 heteroatoms. The van der Waals surface area contributed by atoms with Crippen LogP contribution in [-0.4, -0.2) is 18.1 Å². The number of carbonyl (C=O) groups is 1. The second-order valence-electron chi connectivity index (χ2n) is 2.65. The van der Waals surface area contributed by atoms with Crippen molar-refractivity contribution in [2.45, 2.75) is 13.3 Å². The minimum absolute atomic E-state index is 0.0675. The maximum absolute atomic E-state index is 13.0. The monoisotopic (exact) mass is 183 g/mol. The van der Waals surface area contributed by atoms with Crippen LogP contribution in [-0.2, 0) is 16.0 Å². The Bertz CT molecular complexity index is 305. The van der Waals surface area contributed by atoms with Crippen LogP contribution >= 0.6 is 0 Å². The molecule has 0 spiro atoms. The van der Waals surface area contributed by atoms with Crippen LogP contribution < -0.4 is 0 Å². The van der Waals surface area contributed by atoms with E-state index in [2.05, 4.69) is 9.72 Å². The van der Waals surface area contributed by atoms with Gasteiger partial charge >= 0.3 is 5.97 Å². The number of esters is 1. The summed E-state index contributed by atoms with van der Waals surface area (Å²) in [5.41, 5.74) is 1.01. The number of carbonyl (C=O) groups excluding carboxylic acids is 1. The van der Waals surface area contributed by atoms with Gasteiger partial charge < -0.3 is 4.74 Å². The SMILES string of the molecule is COC(=O)Cc1c(C)ccnc1F. The number of aryl methyl sites for hydroxylation is 1. The predicted molar refractivity (Wildman–Crippen MR) is 44.7 cm³/mol. The van der Waals surface area contributed by atoms with Gasteiger partial charge in [-0.05, 0) is 18.6 Å². The highest BCUT2D eigenvalue weighted by atomic mass is 19.1. The average Bonchev–Trinajstić information content (AvgIpc) is 2.11. The number of pyridine rings is 1. The van der Waals surface area contributed by atoms with Gasteiger partial charge in [-0.2, -0.15) is 4.39 Å². The zero-order chi connectivity index (χ0) is 9.84. The number of hydrogen-bond donors (Lipinski definition) is 0. The molecular formula is C9H10FNO2. The summed E-state index contributed by atoms with van der Waals surface area (Å²) in [5, 5.41) is 0. The van der Waals surface area contributed by atoms with Gasteiger partial charge in [0.15, 0.2) is 0 Å². The fourth-order valence-corrected chi connectivity index (χ4v) is 0.985. The predicted octanol–water partition coefficient (Wildman–Crippen LogP) is 1.24. The van der Waals surface area contributed by atoms with E-state index >= 15 is 0 Å². The van der Waals surface area contributed by atoms with Gasteiger partial charge in [0.25, 0.3) is 0 Å². The molecule has 0 atom stereocenters. The standard InChI is InChI=1S/C9H10FNO2/c1-6-3-4-11-9(10)7(6)5-8(12)13-2/h3-4H,5H2,1-2H3. The fraction of sp³-hybridized carbons (Fsp3) is 0.333. The Hall–Kier alpha value is -1.45. The maximum atomic E-state index is 13.0. The number of nitrogens with zero attached hydrogens (tertiary/aromatic N) is 1. The highest BCUT2D eigenvalue weighted by Gasteiger charge is 2.11. The number of aromatic nitrogens is 1. The molecule has 1 aromatic heterocycles. The summed E-state index contributed by atoms with van der Waals surface area (Å²) in [7, 11) is 1.27. The lowest BCUT2D eigenvalue weighted by atomic mass is 10.1. The average molecular weight is 183 g/mol. The highest BCUT2D eigenvalue weighted by molar-refractivity contribution is 5.72. The Kier molecular flexibility index (Phi) is 2.95. The molecule has 1 rings (SSSR count). The molecule has 0 bridgehead atoms. The largest absolute Gasteiger partial charge is 0.469 e. The molecule has 1 aromatic rings. The zero-order valence-corrected chi connectivity index (χ0v) is 7.50. The van der Waals surface area contributed by atoms with E-state index in [4.69, 9.17) is 0 Å². The molecule has 3 nitrogen and oxygen atoms in total. The molecule has 0 radical (unpaired) electrons. The van der Waals surface area contributed by atoms with Gasteiger partial charge in [0.05, 0.1) is 13.5 Å².